The van der Waals surface area contributed by atoms with Gasteiger partial charge in [-0.2, -0.15) is 4.31 Å². The summed E-state index contributed by atoms with van der Waals surface area (Å²) < 4.78 is 32.3. The molecule has 0 aromatic heterocycles. The zero-order chi connectivity index (χ0) is 17.7. The van der Waals surface area contributed by atoms with Crippen LogP contribution >= 0.6 is 0 Å². The molecule has 1 aromatic carbocycles. The number of piperazine rings is 1. The zero-order valence-electron chi connectivity index (χ0n) is 14.4. The first kappa shape index (κ1) is 18.7. The number of likely N-dealkylation sites (N-methyl/N-ethyl adjacent to an activating group) is 1. The SMILES string of the molecule is CCCNC(=O)c1cc(S(=O)(=O)N2CCN(C)CC2)ccc1OC. The Bertz CT molecular complexity index is 683. The van der Waals surface area contributed by atoms with Crippen molar-refractivity contribution >= 4 is 15.9 Å². The number of carbonyl (C=O) groups excluding carboxylic acids is 1. The summed E-state index contributed by atoms with van der Waals surface area (Å²) in [5, 5.41) is 2.75. The average molecular weight is 355 g/mol. The summed E-state index contributed by atoms with van der Waals surface area (Å²) in [4.78, 5) is 14.5. The van der Waals surface area contributed by atoms with Crippen LogP contribution in [0.3, 0.4) is 0 Å². The van der Waals surface area contributed by atoms with Crippen molar-refractivity contribution in [1.29, 1.82) is 0 Å². The highest BCUT2D eigenvalue weighted by Crippen LogP contribution is 2.25. The average Bonchev–Trinajstić information content (AvgIpc) is 2.59. The van der Waals surface area contributed by atoms with Crippen molar-refractivity contribution in [2.24, 2.45) is 0 Å². The van der Waals surface area contributed by atoms with Crippen molar-refractivity contribution in [3.05, 3.63) is 23.8 Å². The monoisotopic (exact) mass is 355 g/mol. The fourth-order valence-corrected chi connectivity index (χ4v) is 3.99. The van der Waals surface area contributed by atoms with Gasteiger partial charge in [-0.25, -0.2) is 8.42 Å². The van der Waals surface area contributed by atoms with Gasteiger partial charge in [0, 0.05) is 32.7 Å². The predicted molar refractivity (Wildman–Crippen MR) is 91.9 cm³/mol. The second kappa shape index (κ2) is 7.96. The molecule has 7 nitrogen and oxygen atoms in total. The number of sulfonamides is 1. The molecule has 0 aliphatic carbocycles. The Labute approximate surface area is 143 Å². The lowest BCUT2D eigenvalue weighted by molar-refractivity contribution is 0.0950. The van der Waals surface area contributed by atoms with Crippen LogP contribution in [0.1, 0.15) is 23.7 Å². The normalized spacial score (nSPS) is 16.8. The molecule has 2 rings (SSSR count). The highest BCUT2D eigenvalue weighted by Gasteiger charge is 2.28. The topological polar surface area (TPSA) is 79.0 Å². The Morgan fingerprint density at radius 2 is 1.92 bits per heavy atom. The number of nitrogens with zero attached hydrogens (tertiary/aromatic N) is 2. The quantitative estimate of drug-likeness (QED) is 0.815. The van der Waals surface area contributed by atoms with Gasteiger partial charge in [0.15, 0.2) is 0 Å². The molecule has 8 heteroatoms. The third-order valence-corrected chi connectivity index (χ3v) is 5.95. The summed E-state index contributed by atoms with van der Waals surface area (Å²) in [6, 6.07) is 4.42. The molecule has 134 valence electrons. The molecule has 1 saturated heterocycles. The molecule has 0 spiro atoms. The second-order valence-electron chi connectivity index (χ2n) is 5.83. The molecule has 0 bridgehead atoms. The van der Waals surface area contributed by atoms with Crippen molar-refractivity contribution in [1.82, 2.24) is 14.5 Å². The molecule has 0 saturated carbocycles. The molecule has 1 N–H and O–H groups in total. The van der Waals surface area contributed by atoms with E-state index in [1.807, 2.05) is 14.0 Å². The Morgan fingerprint density at radius 1 is 1.25 bits per heavy atom. The molecule has 1 fully saturated rings. The van der Waals surface area contributed by atoms with Crippen molar-refractivity contribution in [2.75, 3.05) is 46.9 Å². The number of amides is 1. The maximum absolute atomic E-state index is 12.8. The summed E-state index contributed by atoms with van der Waals surface area (Å²) in [6.45, 7) is 4.76. The minimum atomic E-state index is -3.62. The van der Waals surface area contributed by atoms with Crippen LogP contribution in [0.2, 0.25) is 0 Å². The molecule has 0 atom stereocenters. The molecular formula is C16H25N3O4S. The Hall–Kier alpha value is -1.64. The molecule has 1 heterocycles. The van der Waals surface area contributed by atoms with Gasteiger partial charge in [-0.15, -0.1) is 0 Å². The van der Waals surface area contributed by atoms with E-state index in [2.05, 4.69) is 10.2 Å². The third kappa shape index (κ3) is 4.06. The number of methoxy groups -OCH3 is 1. The number of hydrogen-bond acceptors (Lipinski definition) is 5. The van der Waals surface area contributed by atoms with Gasteiger partial charge < -0.3 is 15.0 Å². The number of carbonyl (C=O) groups is 1. The Balaban J connectivity index is 2.31. The molecule has 24 heavy (non-hydrogen) atoms. The van der Waals surface area contributed by atoms with Crippen molar-refractivity contribution in [3.8, 4) is 5.75 Å². The molecule has 0 radical (unpaired) electrons. The first-order valence-electron chi connectivity index (χ1n) is 8.05. The van der Waals surface area contributed by atoms with E-state index in [0.717, 1.165) is 6.42 Å². The van der Waals surface area contributed by atoms with E-state index < -0.39 is 10.0 Å². The fraction of sp³-hybridized carbons (Fsp3) is 0.562. The second-order valence-corrected chi connectivity index (χ2v) is 7.76. The van der Waals surface area contributed by atoms with Gasteiger partial charge in [0.05, 0.1) is 17.6 Å². The Morgan fingerprint density at radius 3 is 2.50 bits per heavy atom. The lowest BCUT2D eigenvalue weighted by Gasteiger charge is -2.31. The standard InChI is InChI=1S/C16H25N3O4S/c1-4-7-17-16(20)14-12-13(5-6-15(14)23-3)24(21,22)19-10-8-18(2)9-11-19/h5-6,12H,4,7-11H2,1-3H3,(H,17,20). The summed E-state index contributed by atoms with van der Waals surface area (Å²) in [5.41, 5.74) is 0.237. The van der Waals surface area contributed by atoms with E-state index in [1.54, 1.807) is 0 Å². The number of ether oxygens (including phenoxy) is 1. The van der Waals surface area contributed by atoms with Crippen LogP contribution in [0, 0.1) is 0 Å². The maximum atomic E-state index is 12.8. The third-order valence-electron chi connectivity index (χ3n) is 4.05. The van der Waals surface area contributed by atoms with E-state index in [1.165, 1.54) is 29.6 Å². The van der Waals surface area contributed by atoms with Gasteiger partial charge >= 0.3 is 0 Å². The van der Waals surface area contributed by atoms with Crippen LogP contribution in [0.4, 0.5) is 0 Å². The van der Waals surface area contributed by atoms with Crippen molar-refractivity contribution in [3.63, 3.8) is 0 Å². The van der Waals surface area contributed by atoms with Crippen LogP contribution in [-0.4, -0.2) is 70.4 Å². The van der Waals surface area contributed by atoms with E-state index in [4.69, 9.17) is 4.74 Å². The molecule has 1 aromatic rings. The van der Waals surface area contributed by atoms with E-state index in [9.17, 15) is 13.2 Å². The molecule has 1 aliphatic heterocycles. The number of nitrogens with one attached hydrogen (secondary N) is 1. The largest absolute Gasteiger partial charge is 0.496 e. The predicted octanol–water partition coefficient (Wildman–Crippen LogP) is 0.771. The number of benzene rings is 1. The molecule has 1 aliphatic rings. The van der Waals surface area contributed by atoms with Crippen LogP contribution in [0.25, 0.3) is 0 Å². The smallest absolute Gasteiger partial charge is 0.255 e. The van der Waals surface area contributed by atoms with E-state index >= 15 is 0 Å². The summed E-state index contributed by atoms with van der Waals surface area (Å²) in [7, 11) is -0.191. The number of hydrogen-bond donors (Lipinski definition) is 1. The Kier molecular flexibility index (Phi) is 6.20. The van der Waals surface area contributed by atoms with Crippen LogP contribution in [0.5, 0.6) is 5.75 Å². The molecule has 1 amide bonds. The highest BCUT2D eigenvalue weighted by atomic mass is 32.2. The van der Waals surface area contributed by atoms with Gasteiger partial charge in [-0.05, 0) is 31.7 Å². The summed E-state index contributed by atoms with van der Waals surface area (Å²) >= 11 is 0. The van der Waals surface area contributed by atoms with Gasteiger partial charge in [0.1, 0.15) is 5.75 Å². The zero-order valence-corrected chi connectivity index (χ0v) is 15.2. The summed E-state index contributed by atoms with van der Waals surface area (Å²) in [6.07, 6.45) is 0.799. The fourth-order valence-electron chi connectivity index (χ4n) is 2.54. The van der Waals surface area contributed by atoms with Gasteiger partial charge in [0.2, 0.25) is 10.0 Å². The lowest BCUT2D eigenvalue weighted by atomic mass is 10.2. The molecular weight excluding hydrogens is 330 g/mol. The van der Waals surface area contributed by atoms with Crippen molar-refractivity contribution < 1.29 is 17.9 Å². The van der Waals surface area contributed by atoms with Crippen molar-refractivity contribution in [2.45, 2.75) is 18.2 Å². The first-order chi connectivity index (χ1) is 11.4. The first-order valence-corrected chi connectivity index (χ1v) is 9.49. The minimum absolute atomic E-state index is 0.120. The highest BCUT2D eigenvalue weighted by molar-refractivity contribution is 7.89. The van der Waals surface area contributed by atoms with E-state index in [-0.39, 0.29) is 16.4 Å². The van der Waals surface area contributed by atoms with Crippen LogP contribution in [-0.2, 0) is 10.0 Å². The lowest BCUT2D eigenvalue weighted by Crippen LogP contribution is -2.47. The van der Waals surface area contributed by atoms with Gasteiger partial charge in [0.25, 0.3) is 5.91 Å². The number of rotatable bonds is 6. The van der Waals surface area contributed by atoms with E-state index in [0.29, 0.717) is 38.5 Å². The van der Waals surface area contributed by atoms with Gasteiger partial charge in [-0.1, -0.05) is 6.92 Å². The molecule has 0 unspecified atom stereocenters. The van der Waals surface area contributed by atoms with Crippen LogP contribution in [0.15, 0.2) is 23.1 Å². The van der Waals surface area contributed by atoms with Crippen LogP contribution < -0.4 is 10.1 Å². The maximum Gasteiger partial charge on any atom is 0.255 e. The summed E-state index contributed by atoms with van der Waals surface area (Å²) in [5.74, 6) is 0.0325. The minimum Gasteiger partial charge on any atom is -0.496 e. The van der Waals surface area contributed by atoms with Gasteiger partial charge in [-0.3, -0.25) is 4.79 Å².